The van der Waals surface area contributed by atoms with E-state index in [0.29, 0.717) is 0 Å². The first kappa shape index (κ1) is 19.4. The lowest BCUT2D eigenvalue weighted by Crippen LogP contribution is -2.46. The van der Waals surface area contributed by atoms with Gasteiger partial charge in [-0.3, -0.25) is 4.79 Å². The van der Waals surface area contributed by atoms with Gasteiger partial charge in [-0.15, -0.1) is 0 Å². The lowest BCUT2D eigenvalue weighted by atomic mass is 10.1. The molecule has 5 nitrogen and oxygen atoms in total. The maximum Gasteiger partial charge on any atom is 0.328 e. The van der Waals surface area contributed by atoms with Crippen LogP contribution >= 0.6 is 0 Å². The Bertz CT molecular complexity index is 408. The average Bonchev–Trinajstić information content (AvgIpc) is 2.37. The molecule has 120 valence electrons. The summed E-state index contributed by atoms with van der Waals surface area (Å²) in [7, 11) is 0. The highest BCUT2D eigenvalue weighted by Gasteiger charge is 2.18. The van der Waals surface area contributed by atoms with Crippen molar-refractivity contribution >= 4 is 11.9 Å². The second kappa shape index (κ2) is 10.2. The lowest BCUT2D eigenvalue weighted by molar-refractivity contribution is -0.146. The molecule has 0 saturated heterocycles. The molecule has 21 heavy (non-hydrogen) atoms. The van der Waals surface area contributed by atoms with Crippen molar-refractivity contribution in [3.8, 4) is 0 Å². The number of allylic oxidation sites excluding steroid dienone is 3. The molecule has 0 radical (unpaired) electrons. The number of nitrogens with two attached hydrogens (primary N) is 1. The Labute approximate surface area is 127 Å². The fraction of sp³-hybridized carbons (Fsp3) is 0.625. The van der Waals surface area contributed by atoms with Gasteiger partial charge in [0.25, 0.3) is 0 Å². The van der Waals surface area contributed by atoms with E-state index in [2.05, 4.69) is 25.2 Å². The van der Waals surface area contributed by atoms with Crippen molar-refractivity contribution in [2.45, 2.75) is 59.5 Å². The van der Waals surface area contributed by atoms with Gasteiger partial charge >= 0.3 is 5.97 Å². The first-order chi connectivity index (χ1) is 9.73. The molecule has 0 rings (SSSR count). The second-order valence-electron chi connectivity index (χ2n) is 5.52. The van der Waals surface area contributed by atoms with Crippen molar-refractivity contribution in [2.75, 3.05) is 6.61 Å². The Balaban J connectivity index is 4.07. The topological polar surface area (TPSA) is 81.4 Å². The molecular weight excluding hydrogens is 268 g/mol. The van der Waals surface area contributed by atoms with Crippen LogP contribution in [0.25, 0.3) is 0 Å². The van der Waals surface area contributed by atoms with Crippen molar-refractivity contribution in [3.05, 3.63) is 23.3 Å². The first-order valence-electron chi connectivity index (χ1n) is 7.25. The van der Waals surface area contributed by atoms with E-state index in [1.807, 2.05) is 13.0 Å². The monoisotopic (exact) mass is 296 g/mol. The Morgan fingerprint density at radius 3 is 2.33 bits per heavy atom. The van der Waals surface area contributed by atoms with Crippen LogP contribution in [0.2, 0.25) is 0 Å². The van der Waals surface area contributed by atoms with Gasteiger partial charge in [0.2, 0.25) is 5.91 Å². The summed E-state index contributed by atoms with van der Waals surface area (Å²) in [5.74, 6) is -0.828. The lowest BCUT2D eigenvalue weighted by Gasteiger charge is -2.14. The standard InChI is InChI=1S/C16H28N2O3/c1-11(2)7-6-8-12(3)9-10-21-16(20)14(5)18-15(19)13(4)17/h7,9,13-14H,6,8,10,17H2,1-5H3,(H,18,19)/b12-9+/t13-,14-/m0/s1. The van der Waals surface area contributed by atoms with E-state index >= 15 is 0 Å². The van der Waals surface area contributed by atoms with Gasteiger partial charge in [0, 0.05) is 0 Å². The summed E-state index contributed by atoms with van der Waals surface area (Å²) in [5.41, 5.74) is 7.89. The normalized spacial score (nSPS) is 14.1. The van der Waals surface area contributed by atoms with Gasteiger partial charge in [0.15, 0.2) is 0 Å². The molecule has 0 aromatic rings. The number of carbonyl (C=O) groups is 2. The number of ether oxygens (including phenoxy) is 1. The zero-order chi connectivity index (χ0) is 16.4. The van der Waals surface area contributed by atoms with Crippen LogP contribution in [0, 0.1) is 0 Å². The molecule has 0 saturated carbocycles. The summed E-state index contributed by atoms with van der Waals surface area (Å²) in [6.07, 6.45) is 5.99. The Hall–Kier alpha value is -1.62. The number of rotatable bonds is 8. The Kier molecular flexibility index (Phi) is 9.37. The van der Waals surface area contributed by atoms with Crippen LogP contribution in [0.3, 0.4) is 0 Å². The number of hydrogen-bond donors (Lipinski definition) is 2. The van der Waals surface area contributed by atoms with Gasteiger partial charge in [0.1, 0.15) is 12.6 Å². The summed E-state index contributed by atoms with van der Waals surface area (Å²) in [5, 5.41) is 2.50. The van der Waals surface area contributed by atoms with Crippen LogP contribution in [0.15, 0.2) is 23.3 Å². The summed E-state index contributed by atoms with van der Waals surface area (Å²) in [6, 6.07) is -1.33. The van der Waals surface area contributed by atoms with Crippen LogP contribution in [0.4, 0.5) is 0 Å². The minimum absolute atomic E-state index is 0.220. The molecule has 2 atom stereocenters. The molecule has 0 unspecified atom stereocenters. The molecule has 0 spiro atoms. The second-order valence-corrected chi connectivity index (χ2v) is 5.52. The molecule has 5 heteroatoms. The highest BCUT2D eigenvalue weighted by Crippen LogP contribution is 2.06. The largest absolute Gasteiger partial charge is 0.460 e. The van der Waals surface area contributed by atoms with Crippen LogP contribution < -0.4 is 11.1 Å². The average molecular weight is 296 g/mol. The summed E-state index contributed by atoms with van der Waals surface area (Å²) in [6.45, 7) is 9.50. The quantitative estimate of drug-likeness (QED) is 0.531. The van der Waals surface area contributed by atoms with Crippen LogP contribution in [0.1, 0.15) is 47.5 Å². The predicted molar refractivity (Wildman–Crippen MR) is 84.6 cm³/mol. The molecule has 0 aliphatic heterocycles. The van der Waals surface area contributed by atoms with Crippen molar-refractivity contribution in [1.29, 1.82) is 0 Å². The Morgan fingerprint density at radius 2 is 1.81 bits per heavy atom. The predicted octanol–water partition coefficient (Wildman–Crippen LogP) is 2.07. The van der Waals surface area contributed by atoms with E-state index in [0.717, 1.165) is 12.8 Å². The summed E-state index contributed by atoms with van der Waals surface area (Å²) < 4.78 is 5.10. The van der Waals surface area contributed by atoms with E-state index in [1.54, 1.807) is 13.8 Å². The molecule has 0 heterocycles. The maximum atomic E-state index is 11.7. The molecule has 0 aromatic heterocycles. The van der Waals surface area contributed by atoms with Crippen molar-refractivity contribution < 1.29 is 14.3 Å². The highest BCUT2D eigenvalue weighted by molar-refractivity contribution is 5.86. The minimum Gasteiger partial charge on any atom is -0.460 e. The SMILES string of the molecule is CC(C)=CCC/C(C)=C/COC(=O)[C@H](C)NC(=O)[C@H](C)N. The minimum atomic E-state index is -0.692. The third kappa shape index (κ3) is 9.85. The molecule has 0 bridgehead atoms. The van der Waals surface area contributed by atoms with Crippen molar-refractivity contribution in [3.63, 3.8) is 0 Å². The zero-order valence-corrected chi connectivity index (χ0v) is 13.7. The molecule has 3 N–H and O–H groups in total. The highest BCUT2D eigenvalue weighted by atomic mass is 16.5. The van der Waals surface area contributed by atoms with E-state index < -0.39 is 18.1 Å². The molecule has 0 aliphatic rings. The van der Waals surface area contributed by atoms with E-state index in [9.17, 15) is 9.59 Å². The van der Waals surface area contributed by atoms with Gasteiger partial charge in [-0.2, -0.15) is 0 Å². The number of hydrogen-bond acceptors (Lipinski definition) is 4. The third-order valence-electron chi connectivity index (χ3n) is 2.87. The van der Waals surface area contributed by atoms with Gasteiger partial charge < -0.3 is 15.8 Å². The maximum absolute atomic E-state index is 11.7. The molecule has 0 aromatic carbocycles. The van der Waals surface area contributed by atoms with Crippen LogP contribution in [-0.4, -0.2) is 30.6 Å². The number of esters is 1. The number of nitrogens with one attached hydrogen (secondary N) is 1. The van der Waals surface area contributed by atoms with Crippen molar-refractivity contribution in [1.82, 2.24) is 5.32 Å². The molecular formula is C16H28N2O3. The van der Waals surface area contributed by atoms with Gasteiger partial charge in [-0.1, -0.05) is 17.2 Å². The van der Waals surface area contributed by atoms with E-state index in [1.165, 1.54) is 11.1 Å². The van der Waals surface area contributed by atoms with Crippen LogP contribution in [-0.2, 0) is 14.3 Å². The smallest absolute Gasteiger partial charge is 0.328 e. The Morgan fingerprint density at radius 1 is 1.19 bits per heavy atom. The third-order valence-corrected chi connectivity index (χ3v) is 2.87. The van der Waals surface area contributed by atoms with Gasteiger partial charge in [-0.05, 0) is 53.5 Å². The van der Waals surface area contributed by atoms with Gasteiger partial charge in [-0.25, -0.2) is 4.79 Å². The number of amides is 1. The molecule has 0 aliphatic carbocycles. The van der Waals surface area contributed by atoms with Crippen molar-refractivity contribution in [2.24, 2.45) is 5.73 Å². The fourth-order valence-corrected chi connectivity index (χ4v) is 1.49. The fourth-order valence-electron chi connectivity index (χ4n) is 1.49. The van der Waals surface area contributed by atoms with E-state index in [-0.39, 0.29) is 12.5 Å². The van der Waals surface area contributed by atoms with Gasteiger partial charge in [0.05, 0.1) is 6.04 Å². The zero-order valence-electron chi connectivity index (χ0n) is 13.7. The summed E-state index contributed by atoms with van der Waals surface area (Å²) >= 11 is 0. The molecule has 1 amide bonds. The van der Waals surface area contributed by atoms with Crippen LogP contribution in [0.5, 0.6) is 0 Å². The summed E-state index contributed by atoms with van der Waals surface area (Å²) in [4.78, 5) is 23.0. The molecule has 0 fully saturated rings. The number of carbonyl (C=O) groups excluding carboxylic acids is 2. The first-order valence-corrected chi connectivity index (χ1v) is 7.25. The van der Waals surface area contributed by atoms with E-state index in [4.69, 9.17) is 10.5 Å².